The molecule has 1 saturated carbocycles. The van der Waals surface area contributed by atoms with Crippen LogP contribution in [0.2, 0.25) is 0 Å². The Kier molecular flexibility index (Phi) is 13.4. The maximum atomic E-state index is 12.2. The highest BCUT2D eigenvalue weighted by Gasteiger charge is 2.46. The highest BCUT2D eigenvalue weighted by Crippen LogP contribution is 2.48. The van der Waals surface area contributed by atoms with Crippen molar-refractivity contribution in [3.63, 3.8) is 0 Å². The van der Waals surface area contributed by atoms with Gasteiger partial charge in [0.1, 0.15) is 6.35 Å². The number of imidazole rings is 1. The van der Waals surface area contributed by atoms with Gasteiger partial charge in [-0.3, -0.25) is 18.7 Å². The van der Waals surface area contributed by atoms with E-state index in [0.29, 0.717) is 43.0 Å². The molecule has 228 valence electrons. The zero-order chi connectivity index (χ0) is 30.7. The van der Waals surface area contributed by atoms with E-state index in [9.17, 15) is 19.0 Å². The first kappa shape index (κ1) is 35.2. The Morgan fingerprint density at radius 3 is 2.33 bits per heavy atom. The number of hydrogen-bond donors (Lipinski definition) is 2. The number of nitrogens with two attached hydrogens (primary N) is 1. The Balaban J connectivity index is 0.000000775. The van der Waals surface area contributed by atoms with Gasteiger partial charge in [0.15, 0.2) is 11.2 Å². The summed E-state index contributed by atoms with van der Waals surface area (Å²) < 4.78 is 39.3. The molecule has 0 aromatic carbocycles. The molecule has 1 atom stereocenters. The van der Waals surface area contributed by atoms with Gasteiger partial charge in [0.05, 0.1) is 43.5 Å². The predicted octanol–water partition coefficient (Wildman–Crippen LogP) is 3.90. The van der Waals surface area contributed by atoms with Gasteiger partial charge in [-0.1, -0.05) is 27.7 Å². The van der Waals surface area contributed by atoms with Crippen LogP contribution in [0.1, 0.15) is 68.2 Å². The minimum absolute atomic E-state index is 0.00463. The minimum Gasteiger partial charge on any atom is -0.476 e. The molecule has 2 aromatic rings. The normalized spacial score (nSPS) is 15.2. The van der Waals surface area contributed by atoms with E-state index in [-0.39, 0.29) is 17.8 Å². The molecule has 1 unspecified atom stereocenters. The molecule has 0 spiro atoms. The zero-order valence-corrected chi connectivity index (χ0v) is 25.8. The molecule has 0 radical (unpaired) electrons. The first-order chi connectivity index (χ1) is 18.6. The van der Waals surface area contributed by atoms with E-state index in [1.807, 2.05) is 20.8 Å². The van der Waals surface area contributed by atoms with Crippen molar-refractivity contribution < 1.29 is 42.5 Å². The lowest BCUT2D eigenvalue weighted by Gasteiger charge is -2.21. The molecule has 15 heteroatoms. The first-order valence-corrected chi connectivity index (χ1v) is 14.9. The summed E-state index contributed by atoms with van der Waals surface area (Å²) in [5, 5.41) is 0. The van der Waals surface area contributed by atoms with Gasteiger partial charge in [0, 0.05) is 0 Å². The number of rotatable bonds is 11. The number of esters is 2. The molecule has 0 amide bonds. The van der Waals surface area contributed by atoms with Gasteiger partial charge in [-0.25, -0.2) is 4.98 Å². The maximum Gasteiger partial charge on any atom is 0.356 e. The number of nitrogens with zero attached hydrogens (tertiary/aromatic N) is 4. The fraction of sp³-hybridized carbons (Fsp3) is 0.720. The summed E-state index contributed by atoms with van der Waals surface area (Å²) in [6, 6.07) is 0. The molecule has 3 N–H and O–H groups in total. The van der Waals surface area contributed by atoms with Gasteiger partial charge < -0.3 is 34.1 Å². The summed E-state index contributed by atoms with van der Waals surface area (Å²) in [5.41, 5.74) is 5.35. The van der Waals surface area contributed by atoms with Crippen LogP contribution in [0, 0.1) is 11.3 Å². The molecule has 40 heavy (non-hydrogen) atoms. The number of methoxy groups -OCH3 is 1. The smallest absolute Gasteiger partial charge is 0.356 e. The SMILES string of the molecule is CC.CCOc1nc(N)nc2c1ncn2CC1(OCP(=O)(O)OCOC(=O)C(C)(C)C)CC1.COC(=O)C(C)C. The van der Waals surface area contributed by atoms with Crippen molar-refractivity contribution in [3.8, 4) is 5.88 Å². The number of fused-ring (bicyclic) bond motifs is 1. The van der Waals surface area contributed by atoms with Gasteiger partial charge in [-0.15, -0.1) is 0 Å². The van der Waals surface area contributed by atoms with Crippen LogP contribution in [-0.2, 0) is 39.4 Å². The third-order valence-electron chi connectivity index (χ3n) is 5.26. The molecule has 3 rings (SSSR count). The molecule has 0 aliphatic heterocycles. The van der Waals surface area contributed by atoms with Gasteiger partial charge in [-0.2, -0.15) is 9.97 Å². The Morgan fingerprint density at radius 1 is 1.23 bits per heavy atom. The zero-order valence-electron chi connectivity index (χ0n) is 24.9. The van der Waals surface area contributed by atoms with Crippen LogP contribution in [0.5, 0.6) is 5.88 Å². The average molecular weight is 590 g/mol. The van der Waals surface area contributed by atoms with Crippen LogP contribution in [0.3, 0.4) is 0 Å². The van der Waals surface area contributed by atoms with Crippen LogP contribution in [0.4, 0.5) is 5.95 Å². The molecule has 14 nitrogen and oxygen atoms in total. The van der Waals surface area contributed by atoms with E-state index in [1.54, 1.807) is 45.5 Å². The second-order valence-corrected chi connectivity index (χ2v) is 11.9. The number of carbonyl (C=O) groups excluding carboxylic acids is 2. The second-order valence-electron chi connectivity index (χ2n) is 10.1. The van der Waals surface area contributed by atoms with Crippen molar-refractivity contribution in [2.45, 2.75) is 80.4 Å². The molecular weight excluding hydrogens is 545 g/mol. The van der Waals surface area contributed by atoms with E-state index in [2.05, 4.69) is 19.7 Å². The van der Waals surface area contributed by atoms with E-state index in [4.69, 9.17) is 24.5 Å². The Hall–Kier alpha value is -2.80. The number of nitrogen functional groups attached to an aromatic ring is 1. The minimum atomic E-state index is -4.11. The van der Waals surface area contributed by atoms with Crippen LogP contribution >= 0.6 is 7.60 Å². The maximum absolute atomic E-state index is 12.2. The van der Waals surface area contributed by atoms with Gasteiger partial charge in [-0.05, 0) is 40.5 Å². The molecule has 2 heterocycles. The Bertz CT molecular complexity index is 1160. The van der Waals surface area contributed by atoms with Crippen molar-refractivity contribution in [1.29, 1.82) is 0 Å². The Morgan fingerprint density at radius 2 is 1.85 bits per heavy atom. The second kappa shape index (κ2) is 15.3. The molecular formula is C25H44N5O9P. The van der Waals surface area contributed by atoms with Crippen LogP contribution in [0.15, 0.2) is 6.33 Å². The summed E-state index contributed by atoms with van der Waals surface area (Å²) >= 11 is 0. The monoisotopic (exact) mass is 589 g/mol. The van der Waals surface area contributed by atoms with Crippen molar-refractivity contribution >= 4 is 36.6 Å². The van der Waals surface area contributed by atoms with Crippen molar-refractivity contribution in [3.05, 3.63) is 6.33 Å². The highest BCUT2D eigenvalue weighted by molar-refractivity contribution is 7.52. The summed E-state index contributed by atoms with van der Waals surface area (Å²) in [5.74, 6) is -0.328. The summed E-state index contributed by atoms with van der Waals surface area (Å²) in [6.07, 6.45) is 2.41. The lowest BCUT2D eigenvalue weighted by Crippen LogP contribution is -2.24. The lowest BCUT2D eigenvalue weighted by molar-refractivity contribution is -0.160. The summed E-state index contributed by atoms with van der Waals surface area (Å²) in [4.78, 5) is 44.6. The fourth-order valence-corrected chi connectivity index (χ4v) is 3.68. The number of ether oxygens (including phenoxy) is 4. The van der Waals surface area contributed by atoms with Crippen molar-refractivity contribution in [1.82, 2.24) is 19.5 Å². The fourth-order valence-electron chi connectivity index (χ4n) is 2.96. The van der Waals surface area contributed by atoms with E-state index in [0.717, 1.165) is 0 Å². The largest absolute Gasteiger partial charge is 0.476 e. The van der Waals surface area contributed by atoms with Crippen molar-refractivity contribution in [2.75, 3.05) is 32.6 Å². The van der Waals surface area contributed by atoms with Crippen LogP contribution in [-0.4, -0.2) is 68.8 Å². The van der Waals surface area contributed by atoms with Crippen LogP contribution < -0.4 is 10.5 Å². The topological polar surface area (TPSA) is 187 Å². The van der Waals surface area contributed by atoms with Crippen molar-refractivity contribution in [2.24, 2.45) is 11.3 Å². The average Bonchev–Trinajstić information content (AvgIpc) is 3.55. The number of anilines is 1. The van der Waals surface area contributed by atoms with Crippen LogP contribution in [0.25, 0.3) is 11.2 Å². The molecule has 0 saturated heterocycles. The standard InChI is InChI=1S/C18H28N5O7P.C5H10O2.C2H6/c1-5-27-14-12-13(21-16(19)22-14)23(9-20-12)8-18(6-7-18)29-11-31(25,26)30-10-28-15(24)17(2,3)4;1-4(2)5(6)7-3;1-2/h9H,5-8,10-11H2,1-4H3,(H,25,26)(H2,19,21,22);4H,1-3H3;1-2H3. The molecule has 2 aromatic heterocycles. The molecule has 1 aliphatic rings. The number of aromatic nitrogens is 4. The Labute approximate surface area is 235 Å². The van der Waals surface area contributed by atoms with E-state index in [1.165, 1.54) is 7.11 Å². The van der Waals surface area contributed by atoms with Gasteiger partial charge in [0.2, 0.25) is 18.6 Å². The third-order valence-corrected chi connectivity index (χ3v) is 6.22. The molecule has 1 fully saturated rings. The summed E-state index contributed by atoms with van der Waals surface area (Å²) in [6.45, 7) is 14.6. The summed E-state index contributed by atoms with van der Waals surface area (Å²) in [7, 11) is -2.72. The van der Waals surface area contributed by atoms with Gasteiger partial charge >= 0.3 is 19.5 Å². The first-order valence-electron chi connectivity index (χ1n) is 13.1. The van der Waals surface area contributed by atoms with E-state index >= 15 is 0 Å². The lowest BCUT2D eigenvalue weighted by atomic mass is 9.98. The molecule has 1 aliphatic carbocycles. The molecule has 0 bridgehead atoms. The third kappa shape index (κ3) is 11.0. The van der Waals surface area contributed by atoms with E-state index < -0.39 is 37.7 Å². The number of hydrogen-bond acceptors (Lipinski definition) is 12. The quantitative estimate of drug-likeness (QED) is 0.218. The highest BCUT2D eigenvalue weighted by atomic mass is 31.2. The predicted molar refractivity (Wildman–Crippen MR) is 148 cm³/mol. The number of carbonyl (C=O) groups is 2. The van der Waals surface area contributed by atoms with Gasteiger partial charge in [0.25, 0.3) is 0 Å².